The summed E-state index contributed by atoms with van der Waals surface area (Å²) in [5.41, 5.74) is 1.28. The fourth-order valence-corrected chi connectivity index (χ4v) is 1.54. The zero-order valence-corrected chi connectivity index (χ0v) is 10.8. The quantitative estimate of drug-likeness (QED) is 0.635. The highest BCUT2D eigenvalue weighted by Gasteiger charge is 2.06. The van der Waals surface area contributed by atoms with E-state index in [4.69, 9.17) is 17.0 Å². The molecule has 0 fully saturated rings. The van der Waals surface area contributed by atoms with Crippen molar-refractivity contribution in [1.82, 2.24) is 5.32 Å². The van der Waals surface area contributed by atoms with Crippen LogP contribution < -0.4 is 10.6 Å². The summed E-state index contributed by atoms with van der Waals surface area (Å²) < 4.78 is 4.92. The topological polar surface area (TPSA) is 50.4 Å². The van der Waals surface area contributed by atoms with Crippen LogP contribution in [0.2, 0.25) is 0 Å². The molecule has 0 aliphatic carbocycles. The number of benzene rings is 1. The molecule has 17 heavy (non-hydrogen) atoms. The number of rotatable bonds is 4. The maximum Gasteiger partial charge on any atom is 0.338 e. The zero-order valence-electron chi connectivity index (χ0n) is 9.95. The van der Waals surface area contributed by atoms with E-state index in [1.165, 1.54) is 0 Å². The largest absolute Gasteiger partial charge is 0.462 e. The lowest BCUT2D eigenvalue weighted by atomic mass is 10.2. The molecule has 0 unspecified atom stereocenters. The molecule has 0 heterocycles. The molecule has 0 saturated heterocycles. The molecule has 5 heteroatoms. The molecule has 0 radical (unpaired) electrons. The molecule has 0 amide bonds. The van der Waals surface area contributed by atoms with E-state index in [1.807, 2.05) is 13.0 Å². The average molecular weight is 252 g/mol. The maximum absolute atomic E-state index is 11.5. The molecule has 92 valence electrons. The number of nitrogens with one attached hydrogen (secondary N) is 2. The van der Waals surface area contributed by atoms with Gasteiger partial charge in [0.25, 0.3) is 0 Å². The average Bonchev–Trinajstić information content (AvgIpc) is 2.30. The minimum Gasteiger partial charge on any atom is -0.462 e. The second-order valence-corrected chi connectivity index (χ2v) is 3.69. The first-order chi connectivity index (χ1) is 8.17. The Bertz CT molecular complexity index is 407. The van der Waals surface area contributed by atoms with Gasteiger partial charge in [-0.3, -0.25) is 0 Å². The second kappa shape index (κ2) is 6.85. The first-order valence-corrected chi connectivity index (χ1v) is 5.90. The monoisotopic (exact) mass is 252 g/mol. The van der Waals surface area contributed by atoms with Crippen molar-refractivity contribution in [3.05, 3.63) is 29.8 Å². The first kappa shape index (κ1) is 13.4. The van der Waals surface area contributed by atoms with Crippen LogP contribution in [-0.2, 0) is 4.74 Å². The van der Waals surface area contributed by atoms with Gasteiger partial charge in [-0.2, -0.15) is 0 Å². The summed E-state index contributed by atoms with van der Waals surface area (Å²) in [6.07, 6.45) is 0. The molecule has 4 nitrogen and oxygen atoms in total. The molecular formula is C12H16N2O2S. The molecule has 0 aliphatic rings. The predicted octanol–water partition coefficient (Wildman–Crippen LogP) is 2.17. The van der Waals surface area contributed by atoms with Gasteiger partial charge in [0.2, 0.25) is 0 Å². The van der Waals surface area contributed by atoms with Gasteiger partial charge in [-0.15, -0.1) is 0 Å². The smallest absolute Gasteiger partial charge is 0.338 e. The Labute approximate surface area is 106 Å². The van der Waals surface area contributed by atoms with Crippen LogP contribution in [0.1, 0.15) is 24.2 Å². The highest BCUT2D eigenvalue weighted by atomic mass is 32.1. The summed E-state index contributed by atoms with van der Waals surface area (Å²) >= 11 is 5.06. The van der Waals surface area contributed by atoms with E-state index in [1.54, 1.807) is 25.1 Å². The van der Waals surface area contributed by atoms with E-state index in [-0.39, 0.29) is 5.97 Å². The second-order valence-electron chi connectivity index (χ2n) is 3.29. The van der Waals surface area contributed by atoms with Crippen molar-refractivity contribution in [2.75, 3.05) is 18.5 Å². The lowest BCUT2D eigenvalue weighted by Crippen LogP contribution is -2.27. The molecule has 0 aromatic heterocycles. The van der Waals surface area contributed by atoms with Crippen molar-refractivity contribution in [1.29, 1.82) is 0 Å². The van der Waals surface area contributed by atoms with Gasteiger partial charge in [0.15, 0.2) is 5.11 Å². The van der Waals surface area contributed by atoms with Gasteiger partial charge in [-0.1, -0.05) is 6.07 Å². The van der Waals surface area contributed by atoms with Crippen LogP contribution in [0.25, 0.3) is 0 Å². The van der Waals surface area contributed by atoms with E-state index in [0.717, 1.165) is 12.2 Å². The molecule has 0 aliphatic heterocycles. The fourth-order valence-electron chi connectivity index (χ4n) is 1.27. The van der Waals surface area contributed by atoms with Crippen molar-refractivity contribution < 1.29 is 9.53 Å². The standard InChI is InChI=1S/C12H16N2O2S/c1-3-13-12(17)14-10-7-5-6-9(8-10)11(15)16-4-2/h5-8H,3-4H2,1-2H3,(H2,13,14,17). The molecule has 1 aromatic rings. The highest BCUT2D eigenvalue weighted by molar-refractivity contribution is 7.80. The van der Waals surface area contributed by atoms with Gasteiger partial charge < -0.3 is 15.4 Å². The van der Waals surface area contributed by atoms with Gasteiger partial charge in [0.1, 0.15) is 0 Å². The lowest BCUT2D eigenvalue weighted by Gasteiger charge is -2.09. The van der Waals surface area contributed by atoms with Crippen LogP contribution in [0.5, 0.6) is 0 Å². The Kier molecular flexibility index (Phi) is 5.42. The Morgan fingerprint density at radius 2 is 2.18 bits per heavy atom. The summed E-state index contributed by atoms with van der Waals surface area (Å²) in [5, 5.41) is 6.50. The van der Waals surface area contributed by atoms with E-state index in [0.29, 0.717) is 17.3 Å². The summed E-state index contributed by atoms with van der Waals surface area (Å²) in [6, 6.07) is 7.04. The summed E-state index contributed by atoms with van der Waals surface area (Å²) in [7, 11) is 0. The minimum atomic E-state index is -0.328. The van der Waals surface area contributed by atoms with E-state index in [9.17, 15) is 4.79 Å². The maximum atomic E-state index is 11.5. The Balaban J connectivity index is 2.72. The van der Waals surface area contributed by atoms with E-state index >= 15 is 0 Å². The molecular weight excluding hydrogens is 236 g/mol. The normalized spacial score (nSPS) is 9.53. The summed E-state index contributed by atoms with van der Waals surface area (Å²) in [6.45, 7) is 4.86. The lowest BCUT2D eigenvalue weighted by molar-refractivity contribution is 0.0526. The summed E-state index contributed by atoms with van der Waals surface area (Å²) in [5.74, 6) is -0.328. The van der Waals surface area contributed by atoms with Crippen molar-refractivity contribution in [2.24, 2.45) is 0 Å². The fraction of sp³-hybridized carbons (Fsp3) is 0.333. The van der Waals surface area contributed by atoms with Crippen molar-refractivity contribution in [2.45, 2.75) is 13.8 Å². The van der Waals surface area contributed by atoms with E-state index in [2.05, 4.69) is 10.6 Å². The third kappa shape index (κ3) is 4.40. The number of ether oxygens (including phenoxy) is 1. The Hall–Kier alpha value is -1.62. The van der Waals surface area contributed by atoms with Gasteiger partial charge >= 0.3 is 5.97 Å². The number of carbonyl (C=O) groups excluding carboxylic acids is 1. The van der Waals surface area contributed by atoms with Crippen molar-refractivity contribution >= 4 is 29.0 Å². The molecule has 0 spiro atoms. The van der Waals surface area contributed by atoms with Gasteiger partial charge in [0.05, 0.1) is 12.2 Å². The first-order valence-electron chi connectivity index (χ1n) is 5.49. The predicted molar refractivity (Wildman–Crippen MR) is 72.3 cm³/mol. The van der Waals surface area contributed by atoms with Gasteiger partial charge in [-0.25, -0.2) is 4.79 Å². The third-order valence-corrected chi connectivity index (χ3v) is 2.22. The van der Waals surface area contributed by atoms with E-state index < -0.39 is 0 Å². The van der Waals surface area contributed by atoms with Crippen LogP contribution in [0.3, 0.4) is 0 Å². The van der Waals surface area contributed by atoms with Crippen molar-refractivity contribution in [3.8, 4) is 0 Å². The Morgan fingerprint density at radius 3 is 2.82 bits per heavy atom. The molecule has 0 atom stereocenters. The molecule has 0 bridgehead atoms. The molecule has 2 N–H and O–H groups in total. The van der Waals surface area contributed by atoms with Crippen LogP contribution >= 0.6 is 12.2 Å². The van der Waals surface area contributed by atoms with Crippen LogP contribution in [0.15, 0.2) is 24.3 Å². The SMILES string of the molecule is CCNC(=S)Nc1cccc(C(=O)OCC)c1. The number of hydrogen-bond donors (Lipinski definition) is 2. The molecule has 1 aromatic carbocycles. The van der Waals surface area contributed by atoms with Crippen LogP contribution in [0.4, 0.5) is 5.69 Å². The number of carbonyl (C=O) groups is 1. The summed E-state index contributed by atoms with van der Waals surface area (Å²) in [4.78, 5) is 11.5. The zero-order chi connectivity index (χ0) is 12.7. The highest BCUT2D eigenvalue weighted by Crippen LogP contribution is 2.11. The molecule has 1 rings (SSSR count). The number of thiocarbonyl (C=S) groups is 1. The van der Waals surface area contributed by atoms with Crippen LogP contribution in [0, 0.1) is 0 Å². The number of anilines is 1. The third-order valence-electron chi connectivity index (χ3n) is 1.97. The number of esters is 1. The minimum absolute atomic E-state index is 0.328. The van der Waals surface area contributed by atoms with Gasteiger partial charge in [0, 0.05) is 12.2 Å². The number of hydrogen-bond acceptors (Lipinski definition) is 3. The van der Waals surface area contributed by atoms with Crippen molar-refractivity contribution in [3.63, 3.8) is 0 Å². The van der Waals surface area contributed by atoms with Crippen LogP contribution in [-0.4, -0.2) is 24.2 Å². The Morgan fingerprint density at radius 1 is 1.41 bits per heavy atom. The molecule has 0 saturated carbocycles. The van der Waals surface area contributed by atoms with Gasteiger partial charge in [-0.05, 0) is 44.3 Å².